The van der Waals surface area contributed by atoms with Crippen molar-refractivity contribution in [2.45, 2.75) is 185 Å². The summed E-state index contributed by atoms with van der Waals surface area (Å²) in [7, 11) is 5.27. The average Bonchev–Trinajstić information content (AvgIpc) is 3.05. The number of hydrogen-bond donors (Lipinski definition) is 6. The molecule has 18 atom stereocenters. The van der Waals surface area contributed by atoms with Gasteiger partial charge in [0.1, 0.15) is 30.0 Å². The molecule has 0 spiro atoms. The van der Waals surface area contributed by atoms with E-state index in [0.717, 1.165) is 0 Å². The Morgan fingerprint density at radius 2 is 1.57 bits per heavy atom. The molecule has 14 heteroatoms. The molecule has 14 nitrogen and oxygen atoms in total. The Morgan fingerprint density at radius 3 is 2.14 bits per heavy atom. The first-order valence-corrected chi connectivity index (χ1v) is 18.8. The largest absolute Gasteiger partial charge is 0.459 e. The summed E-state index contributed by atoms with van der Waals surface area (Å²) in [5.74, 6) is -2.60. The molecular weight excluding hydrogens is 664 g/mol. The standard InChI is InChI=1S/C37H70N2O12/c1-14-26-37(10,45)30(41)23(6)38-18-19(2)16-35(8,44)32(51-34-28(40)25(39(11)12)15-20(3)47-34)21(4)29(22(5)33(43)49-26)50-27-17-36(9,46-13)31(42)24(7)48-27/h19-32,34,38,40-42,44-45H,14-18H2,1-13H3/t19-,20-,21+,22-,23-,24+,25+,26-,27?,28-,29+,30-,31+,32-,34+,35?,36-,37-/m1/s1. The van der Waals surface area contributed by atoms with Gasteiger partial charge in [0, 0.05) is 31.5 Å². The lowest BCUT2D eigenvalue weighted by Crippen LogP contribution is -2.60. The zero-order chi connectivity index (χ0) is 38.8. The fraction of sp³-hybridized carbons (Fsp3) is 0.973. The van der Waals surface area contributed by atoms with Crippen LogP contribution in [0.3, 0.4) is 0 Å². The maximum atomic E-state index is 14.1. The topological polar surface area (TPSA) is 189 Å². The minimum atomic E-state index is -1.80. The Bertz CT molecular complexity index is 1110. The van der Waals surface area contributed by atoms with Crippen LogP contribution in [-0.2, 0) is 33.2 Å². The van der Waals surface area contributed by atoms with Crippen LogP contribution in [0.25, 0.3) is 0 Å². The van der Waals surface area contributed by atoms with E-state index < -0.39 is 96.0 Å². The Morgan fingerprint density at radius 1 is 0.941 bits per heavy atom. The van der Waals surface area contributed by atoms with Crippen molar-refractivity contribution in [2.24, 2.45) is 17.8 Å². The van der Waals surface area contributed by atoms with E-state index in [0.29, 0.717) is 13.0 Å². The molecule has 0 amide bonds. The number of likely N-dealkylation sites (N-methyl/N-ethyl adjacent to an activating group) is 1. The van der Waals surface area contributed by atoms with Gasteiger partial charge < -0.3 is 64.2 Å². The molecule has 6 N–H and O–H groups in total. The summed E-state index contributed by atoms with van der Waals surface area (Å²) in [6, 6.07) is -0.858. The lowest BCUT2D eigenvalue weighted by molar-refractivity contribution is -0.318. The number of aliphatic hydroxyl groups is 5. The minimum Gasteiger partial charge on any atom is -0.459 e. The quantitative estimate of drug-likeness (QED) is 0.207. The molecule has 3 saturated heterocycles. The molecule has 2 unspecified atom stereocenters. The predicted molar refractivity (Wildman–Crippen MR) is 190 cm³/mol. The second kappa shape index (κ2) is 17.6. The maximum absolute atomic E-state index is 14.1. The molecule has 51 heavy (non-hydrogen) atoms. The van der Waals surface area contributed by atoms with Gasteiger partial charge in [0.15, 0.2) is 12.6 Å². The average molecular weight is 735 g/mol. The van der Waals surface area contributed by atoms with Crippen LogP contribution < -0.4 is 5.32 Å². The monoisotopic (exact) mass is 734 g/mol. The first-order valence-electron chi connectivity index (χ1n) is 18.8. The second-order valence-corrected chi connectivity index (χ2v) is 16.7. The third-order valence-corrected chi connectivity index (χ3v) is 11.7. The highest BCUT2D eigenvalue weighted by atomic mass is 16.7. The highest BCUT2D eigenvalue weighted by Crippen LogP contribution is 2.40. The van der Waals surface area contributed by atoms with Crippen LogP contribution in [0.15, 0.2) is 0 Å². The van der Waals surface area contributed by atoms with E-state index in [1.54, 1.807) is 41.5 Å². The number of aliphatic hydroxyl groups excluding tert-OH is 3. The van der Waals surface area contributed by atoms with Crippen LogP contribution >= 0.6 is 0 Å². The normalized spacial score (nSPS) is 49.9. The highest BCUT2D eigenvalue weighted by Gasteiger charge is 2.52. The summed E-state index contributed by atoms with van der Waals surface area (Å²) in [5, 5.41) is 60.9. The Balaban J connectivity index is 2.15. The van der Waals surface area contributed by atoms with Crippen LogP contribution in [0, 0.1) is 17.8 Å². The predicted octanol–water partition coefficient (Wildman–Crippen LogP) is 1.56. The molecule has 0 bridgehead atoms. The molecule has 0 saturated carbocycles. The number of carbonyl (C=O) groups is 1. The number of nitrogens with one attached hydrogen (secondary N) is 1. The fourth-order valence-electron chi connectivity index (χ4n) is 8.36. The Labute approximate surface area is 305 Å². The van der Waals surface area contributed by atoms with E-state index in [-0.39, 0.29) is 37.3 Å². The summed E-state index contributed by atoms with van der Waals surface area (Å²) >= 11 is 0. The number of methoxy groups -OCH3 is 1. The van der Waals surface area contributed by atoms with Crippen LogP contribution in [-0.4, -0.2) is 154 Å². The number of nitrogens with zero attached hydrogens (tertiary/aromatic N) is 1. The summed E-state index contributed by atoms with van der Waals surface area (Å²) in [6.45, 7) is 17.8. The Hall–Kier alpha value is -1.01. The van der Waals surface area contributed by atoms with Crippen LogP contribution in [0.2, 0.25) is 0 Å². The summed E-state index contributed by atoms with van der Waals surface area (Å²) in [4.78, 5) is 16.1. The molecule has 3 aliphatic rings. The van der Waals surface area contributed by atoms with Gasteiger partial charge in [0.05, 0.1) is 41.5 Å². The van der Waals surface area contributed by atoms with Gasteiger partial charge in [0.25, 0.3) is 0 Å². The molecule has 300 valence electrons. The van der Waals surface area contributed by atoms with E-state index >= 15 is 0 Å². The van der Waals surface area contributed by atoms with E-state index in [9.17, 15) is 30.3 Å². The smallest absolute Gasteiger partial charge is 0.311 e. The van der Waals surface area contributed by atoms with Crippen molar-refractivity contribution >= 4 is 5.97 Å². The van der Waals surface area contributed by atoms with E-state index in [1.165, 1.54) is 14.0 Å². The van der Waals surface area contributed by atoms with Gasteiger partial charge in [-0.3, -0.25) is 4.79 Å². The van der Waals surface area contributed by atoms with Crippen LogP contribution in [0.4, 0.5) is 0 Å². The molecule has 3 heterocycles. The van der Waals surface area contributed by atoms with Crippen molar-refractivity contribution in [3.63, 3.8) is 0 Å². The molecule has 3 fully saturated rings. The van der Waals surface area contributed by atoms with Gasteiger partial charge in [-0.15, -0.1) is 0 Å². The summed E-state index contributed by atoms with van der Waals surface area (Å²) in [5.41, 5.74) is -4.37. The molecule has 0 aromatic carbocycles. The first-order chi connectivity index (χ1) is 23.5. The zero-order valence-corrected chi connectivity index (χ0v) is 33.2. The maximum Gasteiger partial charge on any atom is 0.311 e. The Kier molecular flexibility index (Phi) is 15.3. The molecule has 0 aliphatic carbocycles. The number of ether oxygens (including phenoxy) is 6. The molecule has 3 aliphatic heterocycles. The van der Waals surface area contributed by atoms with Gasteiger partial charge in [0.2, 0.25) is 0 Å². The van der Waals surface area contributed by atoms with E-state index in [4.69, 9.17) is 28.4 Å². The molecule has 0 aromatic rings. The fourth-order valence-corrected chi connectivity index (χ4v) is 8.36. The van der Waals surface area contributed by atoms with Gasteiger partial charge in [-0.25, -0.2) is 0 Å². The number of cyclic esters (lactones) is 1. The SMILES string of the molecule is CC[C@H]1OC(=O)[C@H](C)[C@@H](OC2C[C@@](C)(OC)[C@@H](O)[C@H](C)O2)[C@H](C)[C@@H](O[C@@H]2O[C@H](C)C[C@H](N(C)C)[C@H]2O)C(C)(O)C[C@@H](C)CN[C@H](C)[C@@H](O)[C@]1(C)O. The minimum absolute atomic E-state index is 0.132. The van der Waals surface area contributed by atoms with Gasteiger partial charge >= 0.3 is 5.97 Å². The van der Waals surface area contributed by atoms with Crippen molar-refractivity contribution in [1.29, 1.82) is 0 Å². The van der Waals surface area contributed by atoms with Gasteiger partial charge in [-0.1, -0.05) is 20.8 Å². The van der Waals surface area contributed by atoms with Gasteiger partial charge in [-0.05, 0) is 94.3 Å². The molecule has 0 aromatic heterocycles. The molecule has 3 rings (SSSR count). The summed E-state index contributed by atoms with van der Waals surface area (Å²) < 4.78 is 37.4. The number of esters is 1. The number of hydrogen-bond acceptors (Lipinski definition) is 14. The first kappa shape index (κ1) is 44.4. The van der Waals surface area contributed by atoms with Crippen LogP contribution in [0.5, 0.6) is 0 Å². The van der Waals surface area contributed by atoms with E-state index in [1.807, 2.05) is 39.8 Å². The third-order valence-electron chi connectivity index (χ3n) is 11.7. The lowest BCUT2D eigenvalue weighted by atomic mass is 9.77. The highest BCUT2D eigenvalue weighted by molar-refractivity contribution is 5.73. The third kappa shape index (κ3) is 10.2. The second-order valence-electron chi connectivity index (χ2n) is 16.7. The lowest BCUT2D eigenvalue weighted by Gasteiger charge is -2.48. The van der Waals surface area contributed by atoms with Crippen LogP contribution in [0.1, 0.15) is 94.9 Å². The van der Waals surface area contributed by atoms with Crippen molar-refractivity contribution in [3.8, 4) is 0 Å². The summed E-state index contributed by atoms with van der Waals surface area (Å²) in [6.07, 6.45) is -8.22. The zero-order valence-electron chi connectivity index (χ0n) is 33.2. The van der Waals surface area contributed by atoms with E-state index in [2.05, 4.69) is 5.32 Å². The van der Waals surface area contributed by atoms with Crippen molar-refractivity contribution in [1.82, 2.24) is 10.2 Å². The number of carbonyl (C=O) groups excluding carboxylic acids is 1. The molecular formula is C37H70N2O12. The van der Waals surface area contributed by atoms with Crippen molar-refractivity contribution < 1.29 is 58.7 Å². The van der Waals surface area contributed by atoms with Crippen molar-refractivity contribution in [3.05, 3.63) is 0 Å². The van der Waals surface area contributed by atoms with Gasteiger partial charge in [-0.2, -0.15) is 0 Å². The van der Waals surface area contributed by atoms with Crippen molar-refractivity contribution in [2.75, 3.05) is 27.7 Å². The molecule has 0 radical (unpaired) electrons. The number of rotatable bonds is 7.